The van der Waals surface area contributed by atoms with Crippen molar-refractivity contribution in [3.63, 3.8) is 0 Å². The van der Waals surface area contributed by atoms with Crippen molar-refractivity contribution in [2.75, 3.05) is 6.61 Å². The fourth-order valence-corrected chi connectivity index (χ4v) is 2.41. The van der Waals surface area contributed by atoms with Gasteiger partial charge in [-0.1, -0.05) is 41.9 Å². The van der Waals surface area contributed by atoms with Gasteiger partial charge >= 0.3 is 6.09 Å². The second kappa shape index (κ2) is 8.78. The van der Waals surface area contributed by atoms with Crippen LogP contribution in [0.4, 0.5) is 4.79 Å². The number of hydrogen-bond donors (Lipinski definition) is 2. The number of carbonyl (C=O) groups is 2. The van der Waals surface area contributed by atoms with E-state index in [0.717, 1.165) is 10.0 Å². The van der Waals surface area contributed by atoms with E-state index in [1.54, 1.807) is 6.92 Å². The van der Waals surface area contributed by atoms with Crippen LogP contribution < -0.4 is 10.6 Å². The molecule has 0 aliphatic heterocycles. The Hall–Kier alpha value is -1.56. The van der Waals surface area contributed by atoms with Gasteiger partial charge in [0.15, 0.2) is 0 Å². The van der Waals surface area contributed by atoms with E-state index in [1.165, 1.54) is 0 Å². The highest BCUT2D eigenvalue weighted by Gasteiger charge is 2.26. The molecular weight excluding hydrogens is 348 g/mol. The molecule has 0 fully saturated rings. The number of ether oxygens (including phenoxy) is 1. The van der Waals surface area contributed by atoms with E-state index in [2.05, 4.69) is 26.6 Å². The van der Waals surface area contributed by atoms with Crippen LogP contribution in [0.1, 0.15) is 39.3 Å². The molecule has 0 saturated heterocycles. The topological polar surface area (TPSA) is 67.4 Å². The molecule has 0 aliphatic rings. The first-order valence-corrected chi connectivity index (χ1v) is 8.13. The number of halogens is 1. The molecule has 0 aromatic heterocycles. The van der Waals surface area contributed by atoms with Gasteiger partial charge in [0.1, 0.15) is 6.04 Å². The molecule has 0 saturated carbocycles. The molecule has 0 bridgehead atoms. The molecule has 5 nitrogen and oxygen atoms in total. The van der Waals surface area contributed by atoms with Crippen molar-refractivity contribution in [1.29, 1.82) is 0 Å². The maximum absolute atomic E-state index is 12.4. The Morgan fingerprint density at radius 2 is 1.91 bits per heavy atom. The molecular formula is C16H23BrN2O3. The lowest BCUT2D eigenvalue weighted by atomic mass is 10.0. The Balaban J connectivity index is 2.72. The average Bonchev–Trinajstić information content (AvgIpc) is 2.44. The summed E-state index contributed by atoms with van der Waals surface area (Å²) in [4.78, 5) is 23.9. The second-order valence-electron chi connectivity index (χ2n) is 5.37. The lowest BCUT2D eigenvalue weighted by Crippen LogP contribution is -2.50. The summed E-state index contributed by atoms with van der Waals surface area (Å²) in [6.07, 6.45) is -0.577. The molecule has 1 rings (SSSR count). The summed E-state index contributed by atoms with van der Waals surface area (Å²) in [6.45, 7) is 7.65. The fraction of sp³-hybridized carbons (Fsp3) is 0.500. The highest BCUT2D eigenvalue weighted by atomic mass is 79.9. The number of nitrogens with one attached hydrogen (secondary N) is 2. The third-order valence-corrected chi connectivity index (χ3v) is 3.70. The summed E-state index contributed by atoms with van der Waals surface area (Å²) in [7, 11) is 0. The van der Waals surface area contributed by atoms with E-state index in [1.807, 2.05) is 45.0 Å². The number of hydrogen-bond acceptors (Lipinski definition) is 3. The van der Waals surface area contributed by atoms with Gasteiger partial charge < -0.3 is 15.4 Å². The summed E-state index contributed by atoms with van der Waals surface area (Å²) in [6, 6.07) is 6.95. The normalized spacial score (nSPS) is 13.4. The number of alkyl carbamates (subject to hydrolysis) is 1. The lowest BCUT2D eigenvalue weighted by molar-refractivity contribution is -0.124. The largest absolute Gasteiger partial charge is 0.450 e. The molecule has 2 atom stereocenters. The van der Waals surface area contributed by atoms with Crippen LogP contribution in [-0.4, -0.2) is 24.6 Å². The highest BCUT2D eigenvalue weighted by molar-refractivity contribution is 9.10. The minimum absolute atomic E-state index is 0.0425. The van der Waals surface area contributed by atoms with E-state index >= 15 is 0 Å². The highest BCUT2D eigenvalue weighted by Crippen LogP contribution is 2.18. The molecule has 1 aromatic rings. The van der Waals surface area contributed by atoms with E-state index < -0.39 is 12.1 Å². The first-order valence-electron chi connectivity index (χ1n) is 7.34. The number of benzene rings is 1. The van der Waals surface area contributed by atoms with Gasteiger partial charge in [-0.2, -0.15) is 0 Å². The van der Waals surface area contributed by atoms with Gasteiger partial charge in [-0.3, -0.25) is 4.79 Å². The van der Waals surface area contributed by atoms with Gasteiger partial charge in [0.05, 0.1) is 12.6 Å². The van der Waals surface area contributed by atoms with Gasteiger partial charge in [0.25, 0.3) is 0 Å². The summed E-state index contributed by atoms with van der Waals surface area (Å²) >= 11 is 3.41. The van der Waals surface area contributed by atoms with E-state index in [0.29, 0.717) is 0 Å². The van der Waals surface area contributed by atoms with Crippen LogP contribution in [0.3, 0.4) is 0 Å². The Bertz CT molecular complexity index is 520. The van der Waals surface area contributed by atoms with Gasteiger partial charge in [-0.25, -0.2) is 4.79 Å². The van der Waals surface area contributed by atoms with Crippen LogP contribution in [0.5, 0.6) is 0 Å². The van der Waals surface area contributed by atoms with Crippen LogP contribution >= 0.6 is 15.9 Å². The quantitative estimate of drug-likeness (QED) is 0.806. The predicted octanol–water partition coefficient (Wildman–Crippen LogP) is 3.40. The fourth-order valence-electron chi connectivity index (χ4n) is 2.00. The average molecular weight is 371 g/mol. The molecule has 2 amide bonds. The van der Waals surface area contributed by atoms with Crippen LogP contribution in [0.15, 0.2) is 28.7 Å². The van der Waals surface area contributed by atoms with Crippen molar-refractivity contribution < 1.29 is 14.3 Å². The number of amides is 2. The van der Waals surface area contributed by atoms with Crippen molar-refractivity contribution in [2.45, 2.75) is 39.8 Å². The van der Waals surface area contributed by atoms with Gasteiger partial charge in [-0.05, 0) is 37.5 Å². The Morgan fingerprint density at radius 3 is 2.45 bits per heavy atom. The van der Waals surface area contributed by atoms with Crippen molar-refractivity contribution >= 4 is 27.9 Å². The molecule has 0 radical (unpaired) electrons. The van der Waals surface area contributed by atoms with Crippen molar-refractivity contribution in [3.8, 4) is 0 Å². The van der Waals surface area contributed by atoms with Gasteiger partial charge in [-0.15, -0.1) is 0 Å². The minimum Gasteiger partial charge on any atom is -0.450 e. The minimum atomic E-state index is -0.631. The molecule has 6 heteroatoms. The maximum atomic E-state index is 12.4. The smallest absolute Gasteiger partial charge is 0.407 e. The molecule has 0 heterocycles. The summed E-state index contributed by atoms with van der Waals surface area (Å²) in [5.41, 5.74) is 0.987. The zero-order valence-corrected chi connectivity index (χ0v) is 14.9. The molecule has 1 aromatic carbocycles. The third-order valence-electron chi connectivity index (χ3n) is 3.21. The Kier molecular flexibility index (Phi) is 7.38. The van der Waals surface area contributed by atoms with Crippen molar-refractivity contribution in [3.05, 3.63) is 34.3 Å². The zero-order chi connectivity index (χ0) is 16.7. The van der Waals surface area contributed by atoms with Crippen molar-refractivity contribution in [2.24, 2.45) is 5.92 Å². The number of carbonyl (C=O) groups excluding carboxylic acids is 2. The first kappa shape index (κ1) is 18.5. The predicted molar refractivity (Wildman–Crippen MR) is 89.5 cm³/mol. The van der Waals surface area contributed by atoms with Gasteiger partial charge in [0, 0.05) is 4.47 Å². The molecule has 0 spiro atoms. The first-order chi connectivity index (χ1) is 10.3. The summed E-state index contributed by atoms with van der Waals surface area (Å²) in [5.74, 6) is -0.269. The lowest BCUT2D eigenvalue weighted by Gasteiger charge is -2.24. The van der Waals surface area contributed by atoms with E-state index in [4.69, 9.17) is 4.74 Å². The number of rotatable bonds is 6. The zero-order valence-electron chi connectivity index (χ0n) is 13.4. The second-order valence-corrected chi connectivity index (χ2v) is 6.29. The molecule has 122 valence electrons. The van der Waals surface area contributed by atoms with Crippen LogP contribution in [-0.2, 0) is 9.53 Å². The van der Waals surface area contributed by atoms with Crippen molar-refractivity contribution in [1.82, 2.24) is 10.6 Å². The van der Waals surface area contributed by atoms with Crippen LogP contribution in [0.2, 0.25) is 0 Å². The van der Waals surface area contributed by atoms with E-state index in [9.17, 15) is 9.59 Å². The molecule has 0 aliphatic carbocycles. The van der Waals surface area contributed by atoms with Gasteiger partial charge in [0.2, 0.25) is 5.91 Å². The SMILES string of the molecule is CCOC(=O)N[C@H](C(=O)N[C@H](C)c1cccc(Br)c1)C(C)C. The van der Waals surface area contributed by atoms with E-state index in [-0.39, 0.29) is 24.5 Å². The summed E-state index contributed by atoms with van der Waals surface area (Å²) < 4.78 is 5.80. The van der Waals surface area contributed by atoms with Crippen LogP contribution in [0, 0.1) is 5.92 Å². The Morgan fingerprint density at radius 1 is 1.23 bits per heavy atom. The van der Waals surface area contributed by atoms with Crippen LogP contribution in [0.25, 0.3) is 0 Å². The maximum Gasteiger partial charge on any atom is 0.407 e. The monoisotopic (exact) mass is 370 g/mol. The molecule has 2 N–H and O–H groups in total. The summed E-state index contributed by atoms with van der Waals surface area (Å²) in [5, 5.41) is 5.53. The third kappa shape index (κ3) is 5.67. The Labute approximate surface area is 139 Å². The molecule has 0 unspecified atom stereocenters. The standard InChI is InChI=1S/C16H23BrN2O3/c1-5-22-16(21)19-14(10(2)3)15(20)18-11(4)12-7-6-8-13(17)9-12/h6-11,14H,5H2,1-4H3,(H,18,20)(H,19,21)/t11-,14+/m1/s1. The molecule has 22 heavy (non-hydrogen) atoms.